The van der Waals surface area contributed by atoms with Gasteiger partial charge in [-0.15, -0.1) is 0 Å². The van der Waals surface area contributed by atoms with E-state index in [2.05, 4.69) is 4.99 Å². The summed E-state index contributed by atoms with van der Waals surface area (Å²) in [6.45, 7) is 0. The van der Waals surface area contributed by atoms with Gasteiger partial charge in [0.2, 0.25) is 0 Å². The molecule has 0 radical (unpaired) electrons. The fourth-order valence-electron chi connectivity index (χ4n) is 1.58. The first-order valence-corrected chi connectivity index (χ1v) is 4.66. The van der Waals surface area contributed by atoms with Gasteiger partial charge in [0, 0.05) is 6.42 Å². The van der Waals surface area contributed by atoms with Crippen molar-refractivity contribution in [2.24, 2.45) is 10.7 Å². The van der Waals surface area contributed by atoms with Crippen molar-refractivity contribution in [2.75, 3.05) is 7.11 Å². The third-order valence-corrected chi connectivity index (χ3v) is 2.41. The van der Waals surface area contributed by atoms with Crippen molar-refractivity contribution in [1.29, 1.82) is 0 Å². The third-order valence-electron chi connectivity index (χ3n) is 2.18. The molecule has 0 atom stereocenters. The molecule has 1 aromatic rings. The quantitative estimate of drug-likeness (QED) is 0.704. The molecule has 0 fully saturated rings. The highest BCUT2D eigenvalue weighted by Gasteiger charge is 2.18. The zero-order valence-electron chi connectivity index (χ0n) is 7.78. The lowest BCUT2D eigenvalue weighted by atomic mass is 10.0. The Labute approximate surface area is 87.6 Å². The lowest BCUT2D eigenvalue weighted by Crippen LogP contribution is -2.23. The van der Waals surface area contributed by atoms with Crippen LogP contribution in [-0.4, -0.2) is 17.9 Å². The SMILES string of the molecule is COc1cccc2c1C(N)=NC(=S)C2. The molecule has 1 aliphatic heterocycles. The van der Waals surface area contributed by atoms with Gasteiger partial charge < -0.3 is 10.5 Å². The summed E-state index contributed by atoms with van der Waals surface area (Å²) in [4.78, 5) is 4.71. The number of amidine groups is 1. The number of thiocarbonyl (C=S) groups is 1. The summed E-state index contributed by atoms with van der Waals surface area (Å²) in [5.74, 6) is 1.21. The molecule has 0 amide bonds. The number of ether oxygens (including phenoxy) is 1. The maximum absolute atomic E-state index is 5.80. The molecule has 0 saturated carbocycles. The molecular formula is C10H10N2OS. The maximum atomic E-state index is 5.80. The van der Waals surface area contributed by atoms with Crippen molar-refractivity contribution in [1.82, 2.24) is 0 Å². The van der Waals surface area contributed by atoms with E-state index in [1.807, 2.05) is 18.2 Å². The van der Waals surface area contributed by atoms with Gasteiger partial charge in [-0.2, -0.15) is 0 Å². The van der Waals surface area contributed by atoms with Crippen LogP contribution in [0.3, 0.4) is 0 Å². The summed E-state index contributed by atoms with van der Waals surface area (Å²) in [6.07, 6.45) is 0.669. The second-order valence-electron chi connectivity index (χ2n) is 3.06. The summed E-state index contributed by atoms with van der Waals surface area (Å²) in [6, 6.07) is 5.79. The number of hydrogen-bond donors (Lipinski definition) is 1. The fraction of sp³-hybridized carbons (Fsp3) is 0.200. The van der Waals surface area contributed by atoms with E-state index in [0.29, 0.717) is 17.2 Å². The van der Waals surface area contributed by atoms with Gasteiger partial charge in [-0.3, -0.25) is 0 Å². The van der Waals surface area contributed by atoms with Crippen molar-refractivity contribution < 1.29 is 4.74 Å². The van der Waals surface area contributed by atoms with Crippen LogP contribution in [0.1, 0.15) is 11.1 Å². The molecule has 3 nitrogen and oxygen atoms in total. The first-order chi connectivity index (χ1) is 6.72. The minimum absolute atomic E-state index is 0.453. The summed E-state index contributed by atoms with van der Waals surface area (Å²) in [5, 5.41) is 0. The smallest absolute Gasteiger partial charge is 0.136 e. The van der Waals surface area contributed by atoms with Gasteiger partial charge in [-0.05, 0) is 11.6 Å². The molecule has 0 saturated heterocycles. The summed E-state index contributed by atoms with van der Waals surface area (Å²) in [7, 11) is 1.62. The van der Waals surface area contributed by atoms with Gasteiger partial charge in [0.05, 0.1) is 12.7 Å². The van der Waals surface area contributed by atoms with Crippen LogP contribution in [0.25, 0.3) is 0 Å². The molecule has 0 aromatic heterocycles. The van der Waals surface area contributed by atoms with Crippen LogP contribution in [-0.2, 0) is 6.42 Å². The van der Waals surface area contributed by atoms with Crippen molar-refractivity contribution in [3.63, 3.8) is 0 Å². The van der Waals surface area contributed by atoms with Gasteiger partial charge in [-0.1, -0.05) is 24.4 Å². The Kier molecular flexibility index (Phi) is 2.21. The molecule has 2 N–H and O–H groups in total. The number of nitrogens with zero attached hydrogens (tertiary/aromatic N) is 1. The first kappa shape index (κ1) is 9.15. The lowest BCUT2D eigenvalue weighted by molar-refractivity contribution is 0.413. The van der Waals surface area contributed by atoms with E-state index >= 15 is 0 Å². The summed E-state index contributed by atoms with van der Waals surface area (Å²) >= 11 is 5.03. The number of fused-ring (bicyclic) bond motifs is 1. The van der Waals surface area contributed by atoms with Crippen LogP contribution in [0.15, 0.2) is 23.2 Å². The highest BCUT2D eigenvalue weighted by Crippen LogP contribution is 2.25. The van der Waals surface area contributed by atoms with Crippen LogP contribution < -0.4 is 10.5 Å². The Morgan fingerprint density at radius 1 is 1.50 bits per heavy atom. The van der Waals surface area contributed by atoms with E-state index in [4.69, 9.17) is 22.7 Å². The lowest BCUT2D eigenvalue weighted by Gasteiger charge is -2.16. The van der Waals surface area contributed by atoms with Crippen LogP contribution in [0.2, 0.25) is 0 Å². The van der Waals surface area contributed by atoms with E-state index in [-0.39, 0.29) is 0 Å². The molecule has 72 valence electrons. The molecule has 1 aliphatic rings. The zero-order chi connectivity index (χ0) is 10.1. The molecule has 0 aliphatic carbocycles. The highest BCUT2D eigenvalue weighted by molar-refractivity contribution is 7.80. The second-order valence-corrected chi connectivity index (χ2v) is 3.53. The number of hydrogen-bond acceptors (Lipinski definition) is 3. The Morgan fingerprint density at radius 2 is 2.29 bits per heavy atom. The van der Waals surface area contributed by atoms with Crippen molar-refractivity contribution in [3.8, 4) is 5.75 Å². The summed E-state index contributed by atoms with van der Waals surface area (Å²) in [5.41, 5.74) is 7.76. The number of rotatable bonds is 1. The molecule has 1 heterocycles. The van der Waals surface area contributed by atoms with Gasteiger partial charge in [0.1, 0.15) is 16.6 Å². The molecule has 14 heavy (non-hydrogen) atoms. The van der Waals surface area contributed by atoms with Crippen molar-refractivity contribution in [3.05, 3.63) is 29.3 Å². The first-order valence-electron chi connectivity index (χ1n) is 4.25. The van der Waals surface area contributed by atoms with E-state index in [1.165, 1.54) is 0 Å². The second kappa shape index (κ2) is 3.38. The van der Waals surface area contributed by atoms with Crippen LogP contribution in [0.5, 0.6) is 5.75 Å². The molecule has 0 spiro atoms. The van der Waals surface area contributed by atoms with Gasteiger partial charge in [-0.25, -0.2) is 4.99 Å². The largest absolute Gasteiger partial charge is 0.496 e. The Balaban J connectivity index is 2.63. The predicted molar refractivity (Wildman–Crippen MR) is 60.0 cm³/mol. The van der Waals surface area contributed by atoms with Gasteiger partial charge in [0.25, 0.3) is 0 Å². The minimum Gasteiger partial charge on any atom is -0.496 e. The molecule has 1 aromatic carbocycles. The van der Waals surface area contributed by atoms with Gasteiger partial charge in [0.15, 0.2) is 0 Å². The standard InChI is InChI=1S/C10H10N2OS/c1-13-7-4-2-3-6-5-8(14)12-10(11)9(6)7/h2-4H,5H2,1H3,(H2,11,12,14). The normalized spacial score (nSPS) is 14.6. The zero-order valence-corrected chi connectivity index (χ0v) is 8.60. The third kappa shape index (κ3) is 1.37. The Bertz CT molecular complexity index is 426. The van der Waals surface area contributed by atoms with Crippen LogP contribution in [0, 0.1) is 0 Å². The van der Waals surface area contributed by atoms with E-state index in [0.717, 1.165) is 16.9 Å². The van der Waals surface area contributed by atoms with Crippen molar-refractivity contribution in [2.45, 2.75) is 6.42 Å². The average Bonchev–Trinajstić information content (AvgIpc) is 2.16. The number of methoxy groups -OCH3 is 1. The van der Waals surface area contributed by atoms with Crippen LogP contribution in [0.4, 0.5) is 0 Å². The minimum atomic E-state index is 0.453. The van der Waals surface area contributed by atoms with Crippen molar-refractivity contribution >= 4 is 23.0 Å². The Morgan fingerprint density at radius 3 is 3.00 bits per heavy atom. The fourth-order valence-corrected chi connectivity index (χ4v) is 1.83. The van der Waals surface area contributed by atoms with Crippen LogP contribution >= 0.6 is 12.2 Å². The number of aliphatic imine (C=N–C) groups is 1. The summed E-state index contributed by atoms with van der Waals surface area (Å²) < 4.78 is 5.21. The predicted octanol–water partition coefficient (Wildman–Crippen LogP) is 1.28. The maximum Gasteiger partial charge on any atom is 0.136 e. The molecule has 4 heteroatoms. The molecular weight excluding hydrogens is 196 g/mol. The topological polar surface area (TPSA) is 47.6 Å². The Hall–Kier alpha value is -1.42. The monoisotopic (exact) mass is 206 g/mol. The van der Waals surface area contributed by atoms with E-state index in [9.17, 15) is 0 Å². The molecule has 2 rings (SSSR count). The average molecular weight is 206 g/mol. The van der Waals surface area contributed by atoms with E-state index in [1.54, 1.807) is 7.11 Å². The number of benzene rings is 1. The molecule has 0 bridgehead atoms. The number of nitrogens with two attached hydrogens (primary N) is 1. The highest BCUT2D eigenvalue weighted by atomic mass is 32.1. The molecule has 0 unspecified atom stereocenters. The van der Waals surface area contributed by atoms with Gasteiger partial charge >= 0.3 is 0 Å². The van der Waals surface area contributed by atoms with E-state index < -0.39 is 0 Å².